The molecule has 4 aromatic rings. The second-order valence-corrected chi connectivity index (χ2v) is 4.97. The maximum atomic E-state index is 12.1. The molecule has 0 amide bonds. The lowest BCUT2D eigenvalue weighted by Crippen LogP contribution is -1.97. The fraction of sp³-hybridized carbons (Fsp3) is 0.0556. The molecule has 0 aliphatic rings. The summed E-state index contributed by atoms with van der Waals surface area (Å²) in [5.74, 6) is 1.39. The maximum absolute atomic E-state index is 12.1. The van der Waals surface area contributed by atoms with Gasteiger partial charge in [-0.1, -0.05) is 12.1 Å². The Balaban J connectivity index is 1.98. The van der Waals surface area contributed by atoms with Gasteiger partial charge in [0.15, 0.2) is 5.58 Å². The van der Waals surface area contributed by atoms with E-state index in [1.807, 2.05) is 42.5 Å². The van der Waals surface area contributed by atoms with Crippen LogP contribution < -0.4 is 10.4 Å². The smallest absolute Gasteiger partial charge is 0.347 e. The highest BCUT2D eigenvalue weighted by molar-refractivity contribution is 6.01. The van der Waals surface area contributed by atoms with Crippen molar-refractivity contribution < 1.29 is 13.6 Å². The molecule has 2 heterocycles. The zero-order chi connectivity index (χ0) is 15.1. The molecule has 4 nitrogen and oxygen atoms in total. The minimum absolute atomic E-state index is 0.391. The van der Waals surface area contributed by atoms with Gasteiger partial charge in [0.1, 0.15) is 22.5 Å². The molecule has 0 saturated carbocycles. The fourth-order valence-corrected chi connectivity index (χ4v) is 2.54. The Morgan fingerprint density at radius 2 is 1.68 bits per heavy atom. The van der Waals surface area contributed by atoms with E-state index in [1.165, 1.54) is 0 Å². The summed E-state index contributed by atoms with van der Waals surface area (Å²) in [5, 5.41) is 1.24. The summed E-state index contributed by atoms with van der Waals surface area (Å²) in [7, 11) is 1.62. The van der Waals surface area contributed by atoms with Gasteiger partial charge >= 0.3 is 5.63 Å². The second-order valence-electron chi connectivity index (χ2n) is 4.97. The molecule has 0 atom stereocenters. The topological polar surface area (TPSA) is 52.6 Å². The van der Waals surface area contributed by atoms with Gasteiger partial charge in [0.25, 0.3) is 0 Å². The molecule has 0 bridgehead atoms. The minimum atomic E-state index is -0.391. The largest absolute Gasteiger partial charge is 0.497 e. The summed E-state index contributed by atoms with van der Waals surface area (Å²) in [6.45, 7) is 0. The first-order valence-corrected chi connectivity index (χ1v) is 6.86. The molecule has 0 aliphatic carbocycles. The minimum Gasteiger partial charge on any atom is -0.497 e. The van der Waals surface area contributed by atoms with Gasteiger partial charge in [-0.2, -0.15) is 0 Å². The highest BCUT2D eigenvalue weighted by Gasteiger charge is 2.14. The SMILES string of the molecule is COc1ccc(-c2cc3c(=O)oc4ccccc4c3o2)cc1. The Labute approximate surface area is 125 Å². The molecule has 22 heavy (non-hydrogen) atoms. The van der Waals surface area contributed by atoms with Crippen molar-refractivity contribution in [3.63, 3.8) is 0 Å². The lowest BCUT2D eigenvalue weighted by molar-refractivity contribution is 0.415. The molecule has 4 heteroatoms. The first kappa shape index (κ1) is 12.7. The molecular weight excluding hydrogens is 280 g/mol. The van der Waals surface area contributed by atoms with E-state index in [-0.39, 0.29) is 0 Å². The molecule has 2 aromatic heterocycles. The summed E-state index contributed by atoms with van der Waals surface area (Å²) in [6, 6.07) is 16.5. The van der Waals surface area contributed by atoms with E-state index in [4.69, 9.17) is 13.6 Å². The van der Waals surface area contributed by atoms with Crippen LogP contribution in [0, 0.1) is 0 Å². The zero-order valence-electron chi connectivity index (χ0n) is 11.8. The van der Waals surface area contributed by atoms with Crippen LogP contribution in [0.25, 0.3) is 33.3 Å². The third-order valence-corrected chi connectivity index (χ3v) is 3.66. The second kappa shape index (κ2) is 4.77. The predicted molar refractivity (Wildman–Crippen MR) is 84.2 cm³/mol. The van der Waals surface area contributed by atoms with Gasteiger partial charge in [-0.05, 0) is 42.5 Å². The van der Waals surface area contributed by atoms with Crippen LogP contribution in [0.5, 0.6) is 5.75 Å². The molecule has 0 N–H and O–H groups in total. The van der Waals surface area contributed by atoms with Gasteiger partial charge in [-0.3, -0.25) is 0 Å². The number of hydrogen-bond donors (Lipinski definition) is 0. The summed E-state index contributed by atoms with van der Waals surface area (Å²) in [4.78, 5) is 12.1. The van der Waals surface area contributed by atoms with Gasteiger partial charge in [-0.25, -0.2) is 4.79 Å². The average molecular weight is 292 g/mol. The van der Waals surface area contributed by atoms with Crippen LogP contribution in [-0.2, 0) is 0 Å². The monoisotopic (exact) mass is 292 g/mol. The molecule has 0 saturated heterocycles. The number of benzene rings is 2. The Morgan fingerprint density at radius 1 is 0.909 bits per heavy atom. The van der Waals surface area contributed by atoms with Crippen molar-refractivity contribution in [2.24, 2.45) is 0 Å². The molecule has 2 aromatic carbocycles. The molecular formula is C18H12O4. The van der Waals surface area contributed by atoms with Crippen molar-refractivity contribution >= 4 is 21.9 Å². The highest BCUT2D eigenvalue weighted by Crippen LogP contribution is 2.31. The van der Waals surface area contributed by atoms with E-state index in [0.29, 0.717) is 22.3 Å². The van der Waals surface area contributed by atoms with Crippen LogP contribution in [0.1, 0.15) is 0 Å². The Morgan fingerprint density at radius 3 is 2.45 bits per heavy atom. The zero-order valence-corrected chi connectivity index (χ0v) is 11.8. The van der Waals surface area contributed by atoms with Gasteiger partial charge < -0.3 is 13.6 Å². The molecule has 0 aliphatic heterocycles. The maximum Gasteiger partial charge on any atom is 0.347 e. The lowest BCUT2D eigenvalue weighted by atomic mass is 10.1. The van der Waals surface area contributed by atoms with E-state index in [2.05, 4.69) is 0 Å². The lowest BCUT2D eigenvalue weighted by Gasteiger charge is -2.00. The molecule has 0 unspecified atom stereocenters. The first-order valence-electron chi connectivity index (χ1n) is 6.86. The molecule has 0 radical (unpaired) electrons. The number of fused-ring (bicyclic) bond motifs is 3. The summed E-state index contributed by atoms with van der Waals surface area (Å²) in [5.41, 5.74) is 1.56. The molecule has 0 spiro atoms. The standard InChI is InChI=1S/C18H12O4/c1-20-12-8-6-11(7-9-12)16-10-14-17(21-16)13-4-2-3-5-15(13)22-18(14)19/h2-10H,1H3. The van der Waals surface area contributed by atoms with Crippen LogP contribution in [0.2, 0.25) is 0 Å². The normalized spacial score (nSPS) is 11.1. The molecule has 108 valence electrons. The predicted octanol–water partition coefficient (Wildman–Crippen LogP) is 4.21. The summed E-state index contributed by atoms with van der Waals surface area (Å²) < 4.78 is 16.4. The Bertz CT molecular complexity index is 1020. The Hall–Kier alpha value is -3.01. The van der Waals surface area contributed by atoms with Crippen molar-refractivity contribution in [1.82, 2.24) is 0 Å². The van der Waals surface area contributed by atoms with E-state index >= 15 is 0 Å². The van der Waals surface area contributed by atoms with Crippen molar-refractivity contribution in [1.29, 1.82) is 0 Å². The number of hydrogen-bond acceptors (Lipinski definition) is 4. The van der Waals surface area contributed by atoms with Gasteiger partial charge in [-0.15, -0.1) is 0 Å². The van der Waals surface area contributed by atoms with Gasteiger partial charge in [0.2, 0.25) is 0 Å². The Kier molecular flexibility index (Phi) is 2.76. The molecule has 0 fully saturated rings. The van der Waals surface area contributed by atoms with Gasteiger partial charge in [0.05, 0.1) is 12.5 Å². The number of furan rings is 1. The van der Waals surface area contributed by atoms with Crippen molar-refractivity contribution in [2.75, 3.05) is 7.11 Å². The van der Waals surface area contributed by atoms with Crippen LogP contribution in [0.15, 0.2) is 68.2 Å². The van der Waals surface area contributed by atoms with Gasteiger partial charge in [0, 0.05) is 5.56 Å². The van der Waals surface area contributed by atoms with Crippen LogP contribution >= 0.6 is 0 Å². The number of para-hydroxylation sites is 1. The van der Waals surface area contributed by atoms with Crippen molar-refractivity contribution in [3.8, 4) is 17.1 Å². The fourth-order valence-electron chi connectivity index (χ4n) is 2.54. The average Bonchev–Trinajstić information content (AvgIpc) is 3.01. The third-order valence-electron chi connectivity index (χ3n) is 3.66. The third kappa shape index (κ3) is 1.89. The number of methoxy groups -OCH3 is 1. The molecule has 4 rings (SSSR count). The van der Waals surface area contributed by atoms with Crippen LogP contribution in [0.3, 0.4) is 0 Å². The summed E-state index contributed by atoms with van der Waals surface area (Å²) >= 11 is 0. The van der Waals surface area contributed by atoms with Crippen molar-refractivity contribution in [3.05, 3.63) is 65.0 Å². The van der Waals surface area contributed by atoms with E-state index in [9.17, 15) is 4.79 Å². The number of rotatable bonds is 2. The van der Waals surface area contributed by atoms with Crippen molar-refractivity contribution in [2.45, 2.75) is 0 Å². The van der Waals surface area contributed by atoms with Crippen LogP contribution in [-0.4, -0.2) is 7.11 Å². The quantitative estimate of drug-likeness (QED) is 0.519. The first-order chi connectivity index (χ1) is 10.8. The number of ether oxygens (including phenoxy) is 1. The van der Waals surface area contributed by atoms with E-state index in [1.54, 1.807) is 19.2 Å². The summed E-state index contributed by atoms with van der Waals surface area (Å²) in [6.07, 6.45) is 0. The highest BCUT2D eigenvalue weighted by atomic mass is 16.5. The van der Waals surface area contributed by atoms with E-state index < -0.39 is 5.63 Å². The van der Waals surface area contributed by atoms with Crippen LogP contribution in [0.4, 0.5) is 0 Å². The van der Waals surface area contributed by atoms with E-state index in [0.717, 1.165) is 16.7 Å².